The van der Waals surface area contributed by atoms with Gasteiger partial charge in [-0.15, -0.1) is 0 Å². The van der Waals surface area contributed by atoms with Crippen molar-refractivity contribution in [1.82, 2.24) is 24.8 Å². The molecule has 1 aromatic carbocycles. The molecule has 3 aromatic rings. The second kappa shape index (κ2) is 8.30. The van der Waals surface area contributed by atoms with E-state index in [0.717, 1.165) is 37.1 Å². The topological polar surface area (TPSA) is 82.2 Å². The van der Waals surface area contributed by atoms with Crippen LogP contribution < -0.4 is 0 Å². The predicted molar refractivity (Wildman–Crippen MR) is 118 cm³/mol. The minimum Gasteiger partial charge on any atom is -0.342 e. The van der Waals surface area contributed by atoms with Crippen molar-refractivity contribution in [2.75, 3.05) is 26.2 Å². The molecule has 2 aliphatic heterocycles. The van der Waals surface area contributed by atoms with Crippen LogP contribution in [0.3, 0.4) is 0 Å². The molecule has 2 unspecified atom stereocenters. The molecular formula is C23H24ClN5O2. The maximum absolute atomic E-state index is 13.2. The van der Waals surface area contributed by atoms with Crippen molar-refractivity contribution in [3.8, 4) is 0 Å². The van der Waals surface area contributed by atoms with Crippen LogP contribution in [0.5, 0.6) is 0 Å². The molecule has 2 aromatic heterocycles. The third-order valence-electron chi connectivity index (χ3n) is 6.31. The minimum absolute atomic E-state index is 0.0387. The summed E-state index contributed by atoms with van der Waals surface area (Å²) in [6.45, 7) is 2.52. The number of imidazole rings is 1. The number of likely N-dealkylation sites (tertiary alicyclic amines) is 2. The van der Waals surface area contributed by atoms with Gasteiger partial charge in [-0.25, -0.2) is 9.97 Å². The molecule has 1 N–H and O–H groups in total. The normalized spacial score (nSPS) is 21.6. The van der Waals surface area contributed by atoms with E-state index in [0.29, 0.717) is 35.9 Å². The number of aromatic amines is 1. The second-order valence-corrected chi connectivity index (χ2v) is 8.80. The zero-order chi connectivity index (χ0) is 21.4. The molecule has 4 heterocycles. The quantitative estimate of drug-likeness (QED) is 0.680. The number of amides is 2. The zero-order valence-corrected chi connectivity index (χ0v) is 17.9. The third-order valence-corrected chi connectivity index (χ3v) is 6.56. The van der Waals surface area contributed by atoms with Gasteiger partial charge in [-0.1, -0.05) is 11.6 Å². The molecular weight excluding hydrogens is 414 g/mol. The summed E-state index contributed by atoms with van der Waals surface area (Å²) in [7, 11) is 0. The summed E-state index contributed by atoms with van der Waals surface area (Å²) in [5.74, 6) is 1.04. The maximum Gasteiger partial charge on any atom is 0.253 e. The molecule has 0 saturated carbocycles. The number of nitrogens with zero attached hydrogens (tertiary/aromatic N) is 4. The number of hydrogen-bond donors (Lipinski definition) is 1. The Morgan fingerprint density at radius 1 is 1.03 bits per heavy atom. The number of pyridine rings is 1. The molecule has 31 heavy (non-hydrogen) atoms. The molecule has 160 valence electrons. The average molecular weight is 438 g/mol. The van der Waals surface area contributed by atoms with Crippen LogP contribution in [0.4, 0.5) is 0 Å². The lowest BCUT2D eigenvalue weighted by Crippen LogP contribution is -2.46. The van der Waals surface area contributed by atoms with E-state index in [2.05, 4.69) is 15.0 Å². The molecule has 2 aliphatic rings. The summed E-state index contributed by atoms with van der Waals surface area (Å²) in [5.41, 5.74) is 2.24. The molecule has 8 heteroatoms. The SMILES string of the molecule is O=C(c1ccc(Cl)cc1)N1CCCC(C(=O)N2CCC(c3nc4ncccc4[nH]3)C2)C1. The first-order chi connectivity index (χ1) is 15.1. The number of halogens is 1. The number of fused-ring (bicyclic) bond motifs is 1. The Labute approximate surface area is 185 Å². The molecule has 0 radical (unpaired) electrons. The summed E-state index contributed by atoms with van der Waals surface area (Å²) in [4.78, 5) is 42.1. The first-order valence-electron chi connectivity index (χ1n) is 10.7. The van der Waals surface area contributed by atoms with Gasteiger partial charge in [0.15, 0.2) is 5.65 Å². The molecule has 0 bridgehead atoms. The second-order valence-electron chi connectivity index (χ2n) is 8.36. The molecule has 2 saturated heterocycles. The number of piperidine rings is 1. The van der Waals surface area contributed by atoms with Gasteiger partial charge in [-0.2, -0.15) is 0 Å². The Hall–Kier alpha value is -2.93. The van der Waals surface area contributed by atoms with Crippen LogP contribution in [0.15, 0.2) is 42.6 Å². The molecule has 2 atom stereocenters. The van der Waals surface area contributed by atoms with Crippen LogP contribution in [-0.2, 0) is 4.79 Å². The fourth-order valence-electron chi connectivity index (χ4n) is 4.64. The van der Waals surface area contributed by atoms with Gasteiger partial charge in [0.25, 0.3) is 5.91 Å². The first kappa shape index (κ1) is 20.0. The monoisotopic (exact) mass is 437 g/mol. The van der Waals surface area contributed by atoms with Crippen molar-refractivity contribution < 1.29 is 9.59 Å². The van der Waals surface area contributed by atoms with Crippen LogP contribution in [0.25, 0.3) is 11.2 Å². The number of benzene rings is 1. The number of rotatable bonds is 3. The number of H-pyrrole nitrogens is 1. The van der Waals surface area contributed by atoms with Gasteiger partial charge in [0.2, 0.25) is 5.91 Å². The Bertz CT molecular complexity index is 1080. The van der Waals surface area contributed by atoms with Crippen molar-refractivity contribution in [3.63, 3.8) is 0 Å². The molecule has 2 fully saturated rings. The Morgan fingerprint density at radius 2 is 1.87 bits per heavy atom. The lowest BCUT2D eigenvalue weighted by atomic mass is 9.96. The highest BCUT2D eigenvalue weighted by molar-refractivity contribution is 6.30. The van der Waals surface area contributed by atoms with Gasteiger partial charge in [-0.05, 0) is 55.7 Å². The van der Waals surface area contributed by atoms with Gasteiger partial charge < -0.3 is 14.8 Å². The van der Waals surface area contributed by atoms with Gasteiger partial charge in [0.1, 0.15) is 5.82 Å². The van der Waals surface area contributed by atoms with Crippen LogP contribution in [-0.4, -0.2) is 62.7 Å². The summed E-state index contributed by atoms with van der Waals surface area (Å²) in [6, 6.07) is 10.8. The Kier molecular flexibility index (Phi) is 5.36. The van der Waals surface area contributed by atoms with Gasteiger partial charge in [0, 0.05) is 48.9 Å². The van der Waals surface area contributed by atoms with Gasteiger partial charge in [0.05, 0.1) is 11.4 Å². The van der Waals surface area contributed by atoms with Crippen molar-refractivity contribution in [1.29, 1.82) is 0 Å². The van der Waals surface area contributed by atoms with E-state index in [1.807, 2.05) is 17.0 Å². The lowest BCUT2D eigenvalue weighted by Gasteiger charge is -2.34. The highest BCUT2D eigenvalue weighted by Gasteiger charge is 2.36. The van der Waals surface area contributed by atoms with Crippen LogP contribution in [0.1, 0.15) is 41.4 Å². The van der Waals surface area contributed by atoms with Crippen LogP contribution in [0.2, 0.25) is 5.02 Å². The predicted octanol–water partition coefficient (Wildman–Crippen LogP) is 3.48. The largest absolute Gasteiger partial charge is 0.342 e. The number of carbonyl (C=O) groups excluding carboxylic acids is 2. The highest BCUT2D eigenvalue weighted by Crippen LogP contribution is 2.29. The first-order valence-corrected chi connectivity index (χ1v) is 11.1. The lowest BCUT2D eigenvalue weighted by molar-refractivity contribution is -0.135. The standard InChI is InChI=1S/C23H24ClN5O2/c24-18-7-5-15(6-8-18)22(30)28-11-2-3-17(14-28)23(31)29-12-9-16(13-29)20-26-19-4-1-10-25-21(19)27-20/h1,4-8,10,16-17H,2-3,9,11-14H2,(H,25,26,27). The molecule has 0 spiro atoms. The zero-order valence-electron chi connectivity index (χ0n) is 17.1. The fourth-order valence-corrected chi connectivity index (χ4v) is 4.76. The molecule has 0 aliphatic carbocycles. The van der Waals surface area contributed by atoms with E-state index in [1.165, 1.54) is 0 Å². The number of aromatic nitrogens is 3. The third kappa shape index (κ3) is 4.02. The average Bonchev–Trinajstić information content (AvgIpc) is 3.46. The Balaban J connectivity index is 1.23. The molecule has 7 nitrogen and oxygen atoms in total. The van der Waals surface area contributed by atoms with E-state index < -0.39 is 0 Å². The summed E-state index contributed by atoms with van der Waals surface area (Å²) >= 11 is 5.93. The number of nitrogens with one attached hydrogen (secondary N) is 1. The van der Waals surface area contributed by atoms with Crippen LogP contribution >= 0.6 is 11.6 Å². The number of hydrogen-bond acceptors (Lipinski definition) is 4. The number of carbonyl (C=O) groups is 2. The van der Waals surface area contributed by atoms with E-state index in [-0.39, 0.29) is 23.7 Å². The van der Waals surface area contributed by atoms with Crippen molar-refractivity contribution >= 4 is 34.6 Å². The smallest absolute Gasteiger partial charge is 0.253 e. The van der Waals surface area contributed by atoms with Gasteiger partial charge >= 0.3 is 0 Å². The van der Waals surface area contributed by atoms with Crippen molar-refractivity contribution in [2.45, 2.75) is 25.2 Å². The van der Waals surface area contributed by atoms with E-state index in [9.17, 15) is 9.59 Å². The highest BCUT2D eigenvalue weighted by atomic mass is 35.5. The van der Waals surface area contributed by atoms with E-state index in [4.69, 9.17) is 11.6 Å². The Morgan fingerprint density at radius 3 is 2.68 bits per heavy atom. The van der Waals surface area contributed by atoms with Gasteiger partial charge in [-0.3, -0.25) is 9.59 Å². The summed E-state index contributed by atoms with van der Waals surface area (Å²) < 4.78 is 0. The molecule has 2 amide bonds. The van der Waals surface area contributed by atoms with Crippen LogP contribution in [0, 0.1) is 5.92 Å². The summed E-state index contributed by atoms with van der Waals surface area (Å²) in [6.07, 6.45) is 4.27. The van der Waals surface area contributed by atoms with Crippen molar-refractivity contribution in [3.05, 3.63) is 59.0 Å². The summed E-state index contributed by atoms with van der Waals surface area (Å²) in [5, 5.41) is 0.604. The minimum atomic E-state index is -0.152. The van der Waals surface area contributed by atoms with Crippen molar-refractivity contribution in [2.24, 2.45) is 5.92 Å². The van der Waals surface area contributed by atoms with E-state index >= 15 is 0 Å². The maximum atomic E-state index is 13.2. The fraction of sp³-hybridized carbons (Fsp3) is 0.391. The molecule has 5 rings (SSSR count). The van der Waals surface area contributed by atoms with E-state index in [1.54, 1.807) is 35.4 Å².